The summed E-state index contributed by atoms with van der Waals surface area (Å²) in [4.78, 5) is 23.1. The molecule has 1 fully saturated rings. The fourth-order valence-electron chi connectivity index (χ4n) is 2.57. The molecule has 0 bridgehead atoms. The van der Waals surface area contributed by atoms with Gasteiger partial charge in [-0.3, -0.25) is 9.59 Å². The van der Waals surface area contributed by atoms with Crippen LogP contribution in [0.4, 0.5) is 0 Å². The topological polar surface area (TPSA) is 79.5 Å². The number of aliphatic carboxylic acids is 1. The molecular formula is C13H17NO4. The minimum atomic E-state index is -0.872. The number of carbonyl (C=O) groups is 2. The molecular weight excluding hydrogens is 234 g/mol. The van der Waals surface area contributed by atoms with Crippen LogP contribution in [0.5, 0.6) is 0 Å². The summed E-state index contributed by atoms with van der Waals surface area (Å²) in [5.74, 6) is -1.72. The van der Waals surface area contributed by atoms with Crippen molar-refractivity contribution in [2.45, 2.75) is 26.3 Å². The van der Waals surface area contributed by atoms with Crippen molar-refractivity contribution in [3.63, 3.8) is 0 Å². The molecule has 0 saturated heterocycles. The van der Waals surface area contributed by atoms with E-state index in [0.29, 0.717) is 19.4 Å². The zero-order chi connectivity index (χ0) is 13.1. The van der Waals surface area contributed by atoms with Crippen LogP contribution in [-0.2, 0) is 16.1 Å². The number of carboxylic acids is 1. The Bertz CT molecular complexity index is 426. The number of rotatable bonds is 4. The first-order valence-electron chi connectivity index (χ1n) is 6.09. The second-order valence-corrected chi connectivity index (χ2v) is 4.98. The SMILES string of the molecule is CC1C[C@H](C(=O)NCc2ccoc2)[C@H](C(=O)O)C1. The summed E-state index contributed by atoms with van der Waals surface area (Å²) < 4.78 is 4.90. The van der Waals surface area contributed by atoms with Crippen LogP contribution in [0.15, 0.2) is 23.0 Å². The third kappa shape index (κ3) is 2.72. The molecule has 1 aliphatic carbocycles. The molecule has 3 atom stereocenters. The van der Waals surface area contributed by atoms with Crippen molar-refractivity contribution in [2.75, 3.05) is 0 Å². The van der Waals surface area contributed by atoms with E-state index in [0.717, 1.165) is 5.56 Å². The van der Waals surface area contributed by atoms with Crippen molar-refractivity contribution in [3.05, 3.63) is 24.2 Å². The minimum absolute atomic E-state index is 0.173. The van der Waals surface area contributed by atoms with Gasteiger partial charge in [0.05, 0.1) is 24.4 Å². The van der Waals surface area contributed by atoms with E-state index in [9.17, 15) is 9.59 Å². The van der Waals surface area contributed by atoms with Crippen LogP contribution < -0.4 is 5.32 Å². The highest BCUT2D eigenvalue weighted by Crippen LogP contribution is 2.36. The summed E-state index contributed by atoms with van der Waals surface area (Å²) in [5, 5.41) is 11.9. The fourth-order valence-corrected chi connectivity index (χ4v) is 2.57. The Morgan fingerprint density at radius 1 is 1.44 bits per heavy atom. The minimum Gasteiger partial charge on any atom is -0.481 e. The second-order valence-electron chi connectivity index (χ2n) is 4.98. The van der Waals surface area contributed by atoms with E-state index in [4.69, 9.17) is 9.52 Å². The predicted molar refractivity (Wildman–Crippen MR) is 63.6 cm³/mol. The lowest BCUT2D eigenvalue weighted by atomic mass is 9.95. The third-order valence-corrected chi connectivity index (χ3v) is 3.50. The maximum Gasteiger partial charge on any atom is 0.307 e. The van der Waals surface area contributed by atoms with Crippen molar-refractivity contribution in [1.29, 1.82) is 0 Å². The summed E-state index contributed by atoms with van der Waals surface area (Å²) >= 11 is 0. The maximum atomic E-state index is 12.0. The fraction of sp³-hybridized carbons (Fsp3) is 0.538. The smallest absolute Gasteiger partial charge is 0.307 e. The van der Waals surface area contributed by atoms with E-state index in [1.54, 1.807) is 18.6 Å². The van der Waals surface area contributed by atoms with Crippen LogP contribution in [0.3, 0.4) is 0 Å². The van der Waals surface area contributed by atoms with E-state index in [2.05, 4.69) is 5.32 Å². The monoisotopic (exact) mass is 251 g/mol. The predicted octanol–water partition coefficient (Wildman–Crippen LogP) is 1.64. The molecule has 1 aliphatic rings. The average molecular weight is 251 g/mol. The lowest BCUT2D eigenvalue weighted by Gasteiger charge is -2.15. The molecule has 1 unspecified atom stereocenters. The zero-order valence-electron chi connectivity index (χ0n) is 10.3. The van der Waals surface area contributed by atoms with Crippen LogP contribution in [0, 0.1) is 17.8 Å². The summed E-state index contributed by atoms with van der Waals surface area (Å²) in [6.07, 6.45) is 4.33. The summed E-state index contributed by atoms with van der Waals surface area (Å²) in [6, 6.07) is 1.77. The molecule has 2 rings (SSSR count). The zero-order valence-corrected chi connectivity index (χ0v) is 10.3. The van der Waals surface area contributed by atoms with Gasteiger partial charge in [-0.25, -0.2) is 0 Å². The van der Waals surface area contributed by atoms with Gasteiger partial charge in [0.1, 0.15) is 0 Å². The van der Waals surface area contributed by atoms with Crippen molar-refractivity contribution < 1.29 is 19.1 Å². The van der Waals surface area contributed by atoms with Crippen LogP contribution in [0.25, 0.3) is 0 Å². The van der Waals surface area contributed by atoms with Crippen molar-refractivity contribution in [3.8, 4) is 0 Å². The average Bonchev–Trinajstić information content (AvgIpc) is 2.94. The van der Waals surface area contributed by atoms with E-state index in [-0.39, 0.29) is 11.8 Å². The number of amides is 1. The Hall–Kier alpha value is -1.78. The highest BCUT2D eigenvalue weighted by Gasteiger charge is 2.40. The number of hydrogen-bond acceptors (Lipinski definition) is 3. The molecule has 1 saturated carbocycles. The lowest BCUT2D eigenvalue weighted by Crippen LogP contribution is -2.34. The molecule has 0 spiro atoms. The van der Waals surface area contributed by atoms with Gasteiger partial charge in [-0.2, -0.15) is 0 Å². The second kappa shape index (κ2) is 5.25. The molecule has 18 heavy (non-hydrogen) atoms. The van der Waals surface area contributed by atoms with Crippen molar-refractivity contribution in [2.24, 2.45) is 17.8 Å². The molecule has 1 aromatic heterocycles. The highest BCUT2D eigenvalue weighted by atomic mass is 16.4. The summed E-state index contributed by atoms with van der Waals surface area (Å²) in [6.45, 7) is 2.37. The largest absolute Gasteiger partial charge is 0.481 e. The lowest BCUT2D eigenvalue weighted by molar-refractivity contribution is -0.146. The molecule has 0 aromatic carbocycles. The van der Waals surface area contributed by atoms with E-state index in [1.165, 1.54) is 0 Å². The third-order valence-electron chi connectivity index (χ3n) is 3.50. The number of nitrogens with one attached hydrogen (secondary N) is 1. The van der Waals surface area contributed by atoms with Gasteiger partial charge in [-0.15, -0.1) is 0 Å². The normalized spacial score (nSPS) is 27.1. The van der Waals surface area contributed by atoms with Crippen LogP contribution in [0.2, 0.25) is 0 Å². The summed E-state index contributed by atoms with van der Waals surface area (Å²) in [7, 11) is 0. The van der Waals surface area contributed by atoms with Gasteiger partial charge in [0, 0.05) is 12.1 Å². The molecule has 2 N–H and O–H groups in total. The Kier molecular flexibility index (Phi) is 3.69. The van der Waals surface area contributed by atoms with E-state index >= 15 is 0 Å². The Balaban J connectivity index is 1.93. The molecule has 98 valence electrons. The Morgan fingerprint density at radius 2 is 2.17 bits per heavy atom. The van der Waals surface area contributed by atoms with Crippen LogP contribution >= 0.6 is 0 Å². The van der Waals surface area contributed by atoms with Gasteiger partial charge in [0.2, 0.25) is 5.91 Å². The Labute approximate surface area is 105 Å². The molecule has 1 aromatic rings. The molecule has 5 nitrogen and oxygen atoms in total. The highest BCUT2D eigenvalue weighted by molar-refractivity contribution is 5.85. The maximum absolute atomic E-state index is 12.0. The number of hydrogen-bond donors (Lipinski definition) is 2. The van der Waals surface area contributed by atoms with Gasteiger partial charge in [0.15, 0.2) is 0 Å². The van der Waals surface area contributed by atoms with Gasteiger partial charge in [-0.1, -0.05) is 6.92 Å². The van der Waals surface area contributed by atoms with E-state index in [1.807, 2.05) is 6.92 Å². The van der Waals surface area contributed by atoms with Crippen molar-refractivity contribution in [1.82, 2.24) is 5.32 Å². The van der Waals surface area contributed by atoms with Crippen molar-refractivity contribution >= 4 is 11.9 Å². The van der Waals surface area contributed by atoms with E-state index < -0.39 is 17.8 Å². The van der Waals surface area contributed by atoms with Gasteiger partial charge in [0.25, 0.3) is 0 Å². The van der Waals surface area contributed by atoms with Gasteiger partial charge < -0.3 is 14.8 Å². The molecule has 1 heterocycles. The van der Waals surface area contributed by atoms with Gasteiger partial charge in [-0.05, 0) is 24.8 Å². The first kappa shape index (κ1) is 12.7. The number of carbonyl (C=O) groups excluding carboxylic acids is 1. The number of furan rings is 1. The summed E-state index contributed by atoms with van der Waals surface area (Å²) in [5.41, 5.74) is 0.876. The molecule has 5 heteroatoms. The van der Waals surface area contributed by atoms with Gasteiger partial charge >= 0.3 is 5.97 Å². The van der Waals surface area contributed by atoms with Crippen LogP contribution in [-0.4, -0.2) is 17.0 Å². The Morgan fingerprint density at radius 3 is 2.78 bits per heavy atom. The van der Waals surface area contributed by atoms with Crippen LogP contribution in [0.1, 0.15) is 25.3 Å². The molecule has 1 amide bonds. The number of carboxylic acid groups (broad SMARTS) is 1. The first-order valence-corrected chi connectivity index (χ1v) is 6.09. The molecule has 0 aliphatic heterocycles. The first-order chi connectivity index (χ1) is 8.58. The quantitative estimate of drug-likeness (QED) is 0.852. The molecule has 0 radical (unpaired) electrons. The standard InChI is InChI=1S/C13H17NO4/c1-8-4-10(11(5-8)13(16)17)12(15)14-6-9-2-3-18-7-9/h2-3,7-8,10-11H,4-6H2,1H3,(H,14,15)(H,16,17)/t8?,10-,11+/m0/s1.